The number of nitrogens with zero attached hydrogens (tertiary/aromatic N) is 10. The molecule has 0 saturated carbocycles. The van der Waals surface area contributed by atoms with Crippen LogP contribution in [-0.2, 0) is 0 Å². The molecule has 0 amide bonds. The van der Waals surface area contributed by atoms with Gasteiger partial charge in [0.05, 0.1) is 0 Å². The molecule has 0 N–H and O–H groups in total. The van der Waals surface area contributed by atoms with Gasteiger partial charge in [0.1, 0.15) is 33.5 Å². The van der Waals surface area contributed by atoms with Crippen molar-refractivity contribution in [2.24, 2.45) is 0 Å². The quantitative estimate of drug-likeness (QED) is 0.107. The molecule has 0 aliphatic rings. The van der Waals surface area contributed by atoms with Crippen LogP contribution in [0.1, 0.15) is 0 Å². The monoisotopic (exact) mass is 1650 g/mol. The predicted molar refractivity (Wildman–Crippen MR) is 522 cm³/mol. The zero-order valence-corrected chi connectivity index (χ0v) is 69.3. The van der Waals surface area contributed by atoms with Gasteiger partial charge in [-0.3, -0.25) is 4.98 Å². The topological polar surface area (TPSA) is 168 Å². The Morgan fingerprint density at radius 3 is 0.969 bits per heavy atom. The Morgan fingerprint density at radius 2 is 0.419 bits per heavy atom. The van der Waals surface area contributed by atoms with Crippen molar-refractivity contribution in [1.82, 2.24) is 49.8 Å². The molecule has 7 aromatic heterocycles. The Morgan fingerprint density at radius 1 is 0.132 bits per heavy atom. The van der Waals surface area contributed by atoms with Crippen molar-refractivity contribution in [3.63, 3.8) is 0 Å². The number of rotatable bonds is 13. The molecule has 0 aliphatic carbocycles. The maximum atomic E-state index is 6.20. The number of hydrogen-bond donors (Lipinski definition) is 0. The fraction of sp³-hybridized carbons (Fsp3) is 0. The van der Waals surface area contributed by atoms with E-state index < -0.39 is 0 Å². The van der Waals surface area contributed by atoms with Gasteiger partial charge in [0.2, 0.25) is 0 Å². The molecule has 129 heavy (non-hydrogen) atoms. The first-order chi connectivity index (χ1) is 63.8. The summed E-state index contributed by atoms with van der Waals surface area (Å²) >= 11 is 0. The molecule has 7 heterocycles. The van der Waals surface area contributed by atoms with E-state index in [1.54, 1.807) is 0 Å². The third-order valence-electron chi connectivity index (χ3n) is 23.7. The van der Waals surface area contributed by atoms with Crippen molar-refractivity contribution < 1.29 is 13.3 Å². The van der Waals surface area contributed by atoms with E-state index in [9.17, 15) is 0 Å². The first-order valence-electron chi connectivity index (χ1n) is 42.8. The maximum Gasteiger partial charge on any atom is 0.165 e. The number of hydrogen-bond acceptors (Lipinski definition) is 13. The van der Waals surface area contributed by atoms with Crippen LogP contribution in [0.4, 0.5) is 0 Å². The number of benzene rings is 18. The molecule has 0 aliphatic heterocycles. The molecule has 13 nitrogen and oxygen atoms in total. The van der Waals surface area contributed by atoms with Crippen LogP contribution in [-0.4, -0.2) is 49.8 Å². The number of furan rings is 3. The van der Waals surface area contributed by atoms with Gasteiger partial charge in [-0.15, -0.1) is 0 Å². The lowest BCUT2D eigenvalue weighted by Crippen LogP contribution is -2.00. The van der Waals surface area contributed by atoms with Gasteiger partial charge in [0.15, 0.2) is 52.4 Å². The fourth-order valence-electron chi connectivity index (χ4n) is 17.1. The van der Waals surface area contributed by atoms with Gasteiger partial charge >= 0.3 is 0 Å². The Labute approximate surface area is 740 Å². The van der Waals surface area contributed by atoms with Crippen molar-refractivity contribution in [2.45, 2.75) is 0 Å². The van der Waals surface area contributed by atoms with E-state index in [1.807, 2.05) is 164 Å². The molecule has 0 saturated heterocycles. The Balaban J connectivity index is 0.000000113. The SMILES string of the molecule is c1ccc(-c2ccc(-c3nc(-c4ccc(-c5ccc6ccccc6c5)cc4)nc(-c4cncc(-c5ccc6c(c5)oc5ccccc56)c4)n3)cc2)cc1.c1ccc(-c2nc(-c3ccc4ccccc4c3)nc(-c3ccc4oc5ccccc5c4c3)n2)cc1.c1ccc(-c2nc(-c3cccc(-c4ccc5c(c4)oc4ccccc45)c3)nc(-c3cccc4ccccc34)n2)cc1. The first-order valence-corrected chi connectivity index (χ1v) is 42.8. The molecule has 25 rings (SSSR count). The molecule has 13 heteroatoms. The smallest absolute Gasteiger partial charge is 0.165 e. The molecule has 0 radical (unpaired) electrons. The van der Waals surface area contributed by atoms with E-state index in [4.69, 9.17) is 58.1 Å². The van der Waals surface area contributed by atoms with Crippen molar-refractivity contribution in [3.8, 4) is 147 Å². The highest BCUT2D eigenvalue weighted by atomic mass is 16.3. The minimum Gasteiger partial charge on any atom is -0.456 e. The average Bonchev–Trinajstić information content (AvgIpc) is 1.47. The standard InChI is InChI=1S/C48H30N4O.C37H23N3O.C31H19N3O/c1-2-8-31(9-3-1)33-14-19-35(20-15-33)46-50-47(36-21-16-34(17-22-36)38-23-18-32-10-4-5-11-37(32)26-38)52-48(51-46)41-27-40(29-49-30-41)39-24-25-43-42-12-6-7-13-44(42)53-45(43)28-39;1-2-11-25(12-3-1)35-38-36(40-37(39-35)32-18-9-13-24-10-4-5-16-29(24)32)28-15-8-14-26(22-28)27-20-21-31-30-17-6-7-19-33(30)41-34(31)23-27;1-2-9-21(10-3-1)29-32-30(23-15-14-20-8-4-5-11-22(20)18-23)34-31(33-29)24-16-17-28-26(19-24)25-12-6-7-13-27(25)35-28/h1-30H;1-23H;1-19H. The molecular formula is C116H72N10O3. The fourth-order valence-corrected chi connectivity index (χ4v) is 17.1. The molecule has 0 spiro atoms. The number of fused-ring (bicyclic) bond motifs is 12. The van der Waals surface area contributed by atoms with Gasteiger partial charge in [0, 0.05) is 100 Å². The summed E-state index contributed by atoms with van der Waals surface area (Å²) in [5.74, 6) is 5.60. The lowest BCUT2D eigenvalue weighted by molar-refractivity contribution is 0.668. The predicted octanol–water partition coefficient (Wildman–Crippen LogP) is 29.8. The molecular weight excluding hydrogens is 1580 g/mol. The molecule has 0 fully saturated rings. The van der Waals surface area contributed by atoms with Gasteiger partial charge in [-0.1, -0.05) is 340 Å². The van der Waals surface area contributed by atoms with Crippen molar-refractivity contribution in [3.05, 3.63) is 437 Å². The first kappa shape index (κ1) is 76.2. The van der Waals surface area contributed by atoms with Crippen LogP contribution in [0.15, 0.2) is 450 Å². The summed E-state index contributed by atoms with van der Waals surface area (Å²) < 4.78 is 18.4. The molecule has 25 aromatic rings. The van der Waals surface area contributed by atoms with Crippen LogP contribution in [0, 0.1) is 0 Å². The van der Waals surface area contributed by atoms with Crippen molar-refractivity contribution >= 4 is 98.1 Å². The molecule has 18 aromatic carbocycles. The van der Waals surface area contributed by atoms with E-state index in [0.717, 1.165) is 177 Å². The van der Waals surface area contributed by atoms with Crippen molar-refractivity contribution in [2.75, 3.05) is 0 Å². The third-order valence-corrected chi connectivity index (χ3v) is 23.7. The largest absolute Gasteiger partial charge is 0.456 e. The average molecular weight is 1650 g/mol. The van der Waals surface area contributed by atoms with Gasteiger partial charge in [-0.2, -0.15) is 0 Å². The minimum atomic E-state index is 0.551. The molecule has 0 atom stereocenters. The van der Waals surface area contributed by atoms with E-state index in [2.05, 4.69) is 278 Å². The van der Waals surface area contributed by atoms with E-state index in [-0.39, 0.29) is 0 Å². The van der Waals surface area contributed by atoms with Crippen LogP contribution >= 0.6 is 0 Å². The summed E-state index contributed by atoms with van der Waals surface area (Å²) in [7, 11) is 0. The summed E-state index contributed by atoms with van der Waals surface area (Å²) in [6, 6.07) is 145. The Hall–Kier alpha value is -17.7. The molecule has 604 valence electrons. The molecule has 0 bridgehead atoms. The maximum absolute atomic E-state index is 6.20. The highest BCUT2D eigenvalue weighted by Gasteiger charge is 2.21. The summed E-state index contributed by atoms with van der Waals surface area (Å²) in [4.78, 5) is 49.3. The van der Waals surface area contributed by atoms with Gasteiger partial charge in [-0.05, 0) is 156 Å². The van der Waals surface area contributed by atoms with Crippen LogP contribution in [0.5, 0.6) is 0 Å². The summed E-state index contributed by atoms with van der Waals surface area (Å²) in [6.07, 6.45) is 3.68. The highest BCUT2D eigenvalue weighted by Crippen LogP contribution is 2.40. The van der Waals surface area contributed by atoms with Gasteiger partial charge < -0.3 is 13.3 Å². The van der Waals surface area contributed by atoms with E-state index >= 15 is 0 Å². The second-order valence-corrected chi connectivity index (χ2v) is 31.8. The van der Waals surface area contributed by atoms with Crippen LogP contribution in [0.3, 0.4) is 0 Å². The van der Waals surface area contributed by atoms with Crippen LogP contribution in [0.25, 0.3) is 245 Å². The summed E-state index contributed by atoms with van der Waals surface area (Å²) in [5.41, 5.74) is 22.2. The highest BCUT2D eigenvalue weighted by molar-refractivity contribution is 6.09. The van der Waals surface area contributed by atoms with E-state index in [1.165, 1.54) is 16.2 Å². The Kier molecular flexibility index (Phi) is 19.6. The lowest BCUT2D eigenvalue weighted by Gasteiger charge is -2.11. The van der Waals surface area contributed by atoms with Gasteiger partial charge in [-0.25, -0.2) is 44.9 Å². The number of para-hydroxylation sites is 3. The van der Waals surface area contributed by atoms with E-state index in [0.29, 0.717) is 52.4 Å². The second kappa shape index (κ2) is 33.2. The summed E-state index contributed by atoms with van der Waals surface area (Å²) in [5, 5.41) is 13.6. The number of pyridine rings is 1. The molecule has 0 unspecified atom stereocenters. The second-order valence-electron chi connectivity index (χ2n) is 31.8. The zero-order valence-electron chi connectivity index (χ0n) is 69.3. The minimum absolute atomic E-state index is 0.551. The normalized spacial score (nSPS) is 11.4. The van der Waals surface area contributed by atoms with Crippen molar-refractivity contribution in [1.29, 1.82) is 0 Å². The van der Waals surface area contributed by atoms with Crippen LogP contribution < -0.4 is 0 Å². The van der Waals surface area contributed by atoms with Gasteiger partial charge in [0.25, 0.3) is 0 Å². The zero-order chi connectivity index (χ0) is 85.5. The Bertz CT molecular complexity index is 8570. The summed E-state index contributed by atoms with van der Waals surface area (Å²) in [6.45, 7) is 0. The number of aromatic nitrogens is 10. The lowest BCUT2D eigenvalue weighted by atomic mass is 10.00. The third kappa shape index (κ3) is 15.3. The van der Waals surface area contributed by atoms with Crippen LogP contribution in [0.2, 0.25) is 0 Å².